The van der Waals surface area contributed by atoms with E-state index in [1.165, 1.54) is 6.04 Å². The molecular weight excluding hydrogens is 152 g/mol. The summed E-state index contributed by atoms with van der Waals surface area (Å²) in [4.78, 5) is 10.0. The van der Waals surface area contributed by atoms with E-state index in [-0.39, 0.29) is 0 Å². The summed E-state index contributed by atoms with van der Waals surface area (Å²) in [7, 11) is -1.08. The Hall–Kier alpha value is -0.373. The van der Waals surface area contributed by atoms with E-state index in [0.29, 0.717) is 0 Å². The molecule has 64 valence electrons. The third-order valence-corrected chi connectivity index (χ3v) is 4.64. The molecule has 11 heavy (non-hydrogen) atoms. The number of hydrogen-bond acceptors (Lipinski definition) is 1. The molecule has 0 N–H and O–H groups in total. The molecule has 0 saturated heterocycles. The topological polar surface area (TPSA) is 17.1 Å². The molecule has 0 fully saturated rings. The van der Waals surface area contributed by atoms with Gasteiger partial charge in [-0.2, -0.15) is 0 Å². The van der Waals surface area contributed by atoms with Crippen LogP contribution < -0.4 is 0 Å². The van der Waals surface area contributed by atoms with Gasteiger partial charge in [0.2, 0.25) is 0 Å². The number of carbonyl (C=O) groups excluding carboxylic acids is 1. The number of unbranched alkanes of at least 4 members (excludes halogenated alkanes) is 1. The normalized spacial score (nSPS) is 12.3. The number of allylic oxidation sites excluding steroid dienone is 1. The van der Waals surface area contributed by atoms with Crippen LogP contribution in [0.3, 0.4) is 0 Å². The summed E-state index contributed by atoms with van der Waals surface area (Å²) < 4.78 is 0. The molecule has 0 radical (unpaired) electrons. The van der Waals surface area contributed by atoms with Crippen molar-refractivity contribution in [3.63, 3.8) is 0 Å². The molecule has 0 amide bonds. The lowest BCUT2D eigenvalue weighted by molar-refractivity contribution is -0.107. The first-order chi connectivity index (χ1) is 5.12. The molecule has 0 unspecified atom stereocenters. The first-order valence-corrected chi connectivity index (χ1v) is 7.48. The van der Waals surface area contributed by atoms with Crippen molar-refractivity contribution in [2.75, 3.05) is 0 Å². The van der Waals surface area contributed by atoms with Crippen LogP contribution in [0.25, 0.3) is 0 Å². The molecule has 0 bridgehead atoms. The SMILES string of the molecule is C/C=C\[Si](C)(C)CCCC=O. The van der Waals surface area contributed by atoms with Crippen LogP contribution in [0, 0.1) is 0 Å². The van der Waals surface area contributed by atoms with Gasteiger partial charge in [-0.3, -0.25) is 0 Å². The highest BCUT2D eigenvalue weighted by molar-refractivity contribution is 6.82. The maximum atomic E-state index is 10.0. The molecule has 0 atom stereocenters. The van der Waals surface area contributed by atoms with Gasteiger partial charge >= 0.3 is 0 Å². The maximum absolute atomic E-state index is 10.0. The van der Waals surface area contributed by atoms with Crippen LogP contribution in [0.4, 0.5) is 0 Å². The fraction of sp³-hybridized carbons (Fsp3) is 0.667. The van der Waals surface area contributed by atoms with E-state index < -0.39 is 8.07 Å². The van der Waals surface area contributed by atoms with Crippen LogP contribution in [0.1, 0.15) is 19.8 Å². The molecule has 0 aliphatic rings. The Balaban J connectivity index is 3.63. The van der Waals surface area contributed by atoms with Crippen LogP contribution in [-0.4, -0.2) is 14.4 Å². The first-order valence-electron chi connectivity index (χ1n) is 4.20. The molecule has 0 saturated carbocycles. The van der Waals surface area contributed by atoms with Crippen molar-refractivity contribution >= 4 is 14.4 Å². The Morgan fingerprint density at radius 3 is 2.45 bits per heavy atom. The van der Waals surface area contributed by atoms with Crippen molar-refractivity contribution in [2.45, 2.75) is 38.9 Å². The van der Waals surface area contributed by atoms with E-state index in [9.17, 15) is 4.79 Å². The van der Waals surface area contributed by atoms with E-state index in [2.05, 4.69) is 31.8 Å². The maximum Gasteiger partial charge on any atom is 0.119 e. The highest BCUT2D eigenvalue weighted by Gasteiger charge is 2.14. The fourth-order valence-electron chi connectivity index (χ4n) is 1.18. The lowest BCUT2D eigenvalue weighted by Gasteiger charge is -2.15. The zero-order chi connectivity index (χ0) is 8.74. The largest absolute Gasteiger partial charge is 0.303 e. The van der Waals surface area contributed by atoms with Gasteiger partial charge < -0.3 is 4.79 Å². The molecule has 0 aromatic carbocycles. The highest BCUT2D eigenvalue weighted by atomic mass is 28.3. The lowest BCUT2D eigenvalue weighted by atomic mass is 10.4. The standard InChI is InChI=1S/C9H18OSi/c1-4-8-11(2,3)9-6-5-7-10/h4,7-8H,5-6,9H2,1-3H3/b8-4-. The van der Waals surface area contributed by atoms with E-state index in [1.807, 2.05) is 0 Å². The smallest absolute Gasteiger partial charge is 0.119 e. The van der Waals surface area contributed by atoms with Crippen molar-refractivity contribution in [2.24, 2.45) is 0 Å². The molecule has 0 heterocycles. The Morgan fingerprint density at radius 1 is 1.36 bits per heavy atom. The Bertz CT molecular complexity index is 138. The second-order valence-corrected chi connectivity index (χ2v) is 8.36. The van der Waals surface area contributed by atoms with E-state index in [4.69, 9.17) is 0 Å². The van der Waals surface area contributed by atoms with Gasteiger partial charge in [0.05, 0.1) is 8.07 Å². The summed E-state index contributed by atoms with van der Waals surface area (Å²) in [6, 6.07) is 1.23. The third-order valence-electron chi connectivity index (χ3n) is 1.76. The molecule has 0 spiro atoms. The van der Waals surface area contributed by atoms with Crippen molar-refractivity contribution in [3.05, 3.63) is 11.8 Å². The van der Waals surface area contributed by atoms with Gasteiger partial charge in [0.15, 0.2) is 0 Å². The van der Waals surface area contributed by atoms with Gasteiger partial charge in [-0.05, 0) is 13.3 Å². The van der Waals surface area contributed by atoms with Gasteiger partial charge in [0.25, 0.3) is 0 Å². The van der Waals surface area contributed by atoms with Crippen LogP contribution >= 0.6 is 0 Å². The minimum absolute atomic E-state index is 0.730. The quantitative estimate of drug-likeness (QED) is 0.352. The van der Waals surface area contributed by atoms with E-state index in [1.54, 1.807) is 0 Å². The van der Waals surface area contributed by atoms with Gasteiger partial charge in [-0.1, -0.05) is 30.9 Å². The van der Waals surface area contributed by atoms with Gasteiger partial charge in [0, 0.05) is 6.42 Å². The molecule has 0 aromatic heterocycles. The third kappa shape index (κ3) is 6.04. The molecular formula is C9H18OSi. The zero-order valence-electron chi connectivity index (χ0n) is 7.76. The monoisotopic (exact) mass is 170 g/mol. The minimum Gasteiger partial charge on any atom is -0.303 e. The molecule has 1 nitrogen and oxygen atoms in total. The Labute approximate surface area is 70.5 Å². The zero-order valence-corrected chi connectivity index (χ0v) is 8.76. The molecule has 0 aliphatic carbocycles. The van der Waals surface area contributed by atoms with Crippen molar-refractivity contribution < 1.29 is 4.79 Å². The number of carbonyl (C=O) groups is 1. The van der Waals surface area contributed by atoms with Gasteiger partial charge in [-0.15, -0.1) is 0 Å². The predicted octanol–water partition coefficient (Wildman–Crippen LogP) is 2.79. The van der Waals surface area contributed by atoms with Crippen molar-refractivity contribution in [1.82, 2.24) is 0 Å². The second-order valence-electron chi connectivity index (χ2n) is 3.55. The fourth-order valence-corrected chi connectivity index (χ4v) is 3.36. The van der Waals surface area contributed by atoms with Crippen LogP contribution in [0.2, 0.25) is 19.1 Å². The average Bonchev–Trinajstić information content (AvgIpc) is 1.87. The summed E-state index contributed by atoms with van der Waals surface area (Å²) in [5, 5.41) is 0. The average molecular weight is 170 g/mol. The Kier molecular flexibility index (Phi) is 5.12. The molecule has 0 aliphatic heterocycles. The summed E-state index contributed by atoms with van der Waals surface area (Å²) in [5.41, 5.74) is 2.33. The van der Waals surface area contributed by atoms with E-state index >= 15 is 0 Å². The van der Waals surface area contributed by atoms with Gasteiger partial charge in [0.1, 0.15) is 6.29 Å². The van der Waals surface area contributed by atoms with Crippen molar-refractivity contribution in [3.8, 4) is 0 Å². The highest BCUT2D eigenvalue weighted by Crippen LogP contribution is 2.14. The van der Waals surface area contributed by atoms with Crippen LogP contribution in [-0.2, 0) is 4.79 Å². The first kappa shape index (κ1) is 10.6. The number of hydrogen-bond donors (Lipinski definition) is 0. The second kappa shape index (κ2) is 5.30. The summed E-state index contributed by atoms with van der Waals surface area (Å²) in [6.07, 6.45) is 4.94. The van der Waals surface area contributed by atoms with Crippen LogP contribution in [0.5, 0.6) is 0 Å². The summed E-state index contributed by atoms with van der Waals surface area (Å²) >= 11 is 0. The molecule has 0 rings (SSSR count). The van der Waals surface area contributed by atoms with Crippen LogP contribution in [0.15, 0.2) is 11.8 Å². The Morgan fingerprint density at radius 2 is 2.00 bits per heavy atom. The molecule has 2 heteroatoms. The summed E-state index contributed by atoms with van der Waals surface area (Å²) in [6.45, 7) is 6.73. The van der Waals surface area contributed by atoms with Crippen molar-refractivity contribution in [1.29, 1.82) is 0 Å². The lowest BCUT2D eigenvalue weighted by Crippen LogP contribution is -2.21. The minimum atomic E-state index is -1.08. The van der Waals surface area contributed by atoms with Gasteiger partial charge in [-0.25, -0.2) is 0 Å². The van der Waals surface area contributed by atoms with E-state index in [0.717, 1.165) is 19.1 Å². The number of rotatable bonds is 5. The number of aldehydes is 1. The summed E-state index contributed by atoms with van der Waals surface area (Å²) in [5.74, 6) is 0. The molecule has 0 aromatic rings. The predicted molar refractivity (Wildman–Crippen MR) is 52.4 cm³/mol.